The van der Waals surface area contributed by atoms with Gasteiger partial charge in [-0.15, -0.1) is 11.3 Å². The Balaban J connectivity index is 2.15. The Morgan fingerprint density at radius 2 is 1.59 bits per heavy atom. The zero-order valence-corrected chi connectivity index (χ0v) is 23.5. The van der Waals surface area contributed by atoms with Crippen LogP contribution in [0.15, 0.2) is 34.3 Å². The fourth-order valence-electron chi connectivity index (χ4n) is 4.12. The fraction of sp³-hybridized carbons (Fsp3) is 0.538. The van der Waals surface area contributed by atoms with Crippen molar-refractivity contribution >= 4 is 50.9 Å². The zero-order chi connectivity index (χ0) is 28.9. The number of carbonyl (C=O) groups excluding carboxylic acids is 3. The lowest BCUT2D eigenvalue weighted by Crippen LogP contribution is -2.45. The summed E-state index contributed by atoms with van der Waals surface area (Å²) in [4.78, 5) is 52.1. The zero-order valence-electron chi connectivity index (χ0n) is 22.6. The lowest BCUT2D eigenvalue weighted by atomic mass is 9.88. The smallest absolute Gasteiger partial charge is 0.224 e. The number of Topliss-reactive ketones (excluding diaryl/α,β-unsaturated/α-hetero) is 2. The first-order chi connectivity index (χ1) is 18.5. The highest BCUT2D eigenvalue weighted by molar-refractivity contribution is 7.20. The van der Waals surface area contributed by atoms with Crippen LogP contribution in [0, 0.1) is 11.8 Å². The molecule has 0 aliphatic rings. The van der Waals surface area contributed by atoms with E-state index in [2.05, 4.69) is 20.3 Å². The molecule has 0 spiro atoms. The molecule has 13 heteroatoms. The van der Waals surface area contributed by atoms with Gasteiger partial charge in [0.1, 0.15) is 5.78 Å². The predicted molar refractivity (Wildman–Crippen MR) is 156 cm³/mol. The number of aliphatic imine (C=N–C) groups is 2. The standard InChI is InChI=1S/C26H41N9O3S/c1-15(2)13-16(14-20(36)17(27)7-5-11-32-25(28)29)23(38)34-19(9-6-12-33-26(30)31)22(37)24-35-18-8-3-4-10-21(18)39-24/h3-4,8,10,15-17,19H,5-7,9,11-14,27H2,1-2H3,(H,34,38)(H4,28,29,32)(H4,30,31,33)/t16-,17+,19+/m1/s1. The van der Waals surface area contributed by atoms with Crippen LogP contribution in [0.4, 0.5) is 0 Å². The molecule has 0 saturated carbocycles. The summed E-state index contributed by atoms with van der Waals surface area (Å²) in [5.74, 6) is -1.43. The van der Waals surface area contributed by atoms with E-state index >= 15 is 0 Å². The van der Waals surface area contributed by atoms with E-state index in [1.54, 1.807) is 0 Å². The number of benzene rings is 1. The fourth-order valence-corrected chi connectivity index (χ4v) is 5.08. The van der Waals surface area contributed by atoms with E-state index in [0.717, 1.165) is 4.70 Å². The van der Waals surface area contributed by atoms with Crippen molar-refractivity contribution in [2.24, 2.45) is 50.5 Å². The number of amides is 1. The molecule has 1 amide bonds. The van der Waals surface area contributed by atoms with Crippen LogP contribution in [0.1, 0.15) is 62.2 Å². The first kappa shape index (κ1) is 31.6. The number of rotatable bonds is 17. The molecule has 2 rings (SSSR count). The summed E-state index contributed by atoms with van der Waals surface area (Å²) in [5, 5.41) is 3.20. The molecule has 0 aliphatic carbocycles. The Kier molecular flexibility index (Phi) is 12.8. The molecule has 214 valence electrons. The van der Waals surface area contributed by atoms with Crippen molar-refractivity contribution in [2.75, 3.05) is 13.1 Å². The van der Waals surface area contributed by atoms with Crippen molar-refractivity contribution in [2.45, 2.75) is 64.5 Å². The molecule has 2 aromatic rings. The molecule has 0 radical (unpaired) electrons. The Bertz CT molecular complexity index is 1140. The first-order valence-corrected chi connectivity index (χ1v) is 13.9. The Morgan fingerprint density at radius 1 is 0.974 bits per heavy atom. The Hall–Kier alpha value is -3.58. The number of nitrogens with two attached hydrogens (primary N) is 5. The van der Waals surface area contributed by atoms with Crippen LogP contribution in [0.5, 0.6) is 0 Å². The predicted octanol–water partition coefficient (Wildman–Crippen LogP) is 1.02. The number of ketones is 2. The number of aromatic nitrogens is 1. The third-order valence-electron chi connectivity index (χ3n) is 6.04. The Labute approximate surface area is 232 Å². The van der Waals surface area contributed by atoms with E-state index in [4.69, 9.17) is 28.7 Å². The average Bonchev–Trinajstić information content (AvgIpc) is 3.31. The molecule has 1 heterocycles. The minimum atomic E-state index is -0.842. The van der Waals surface area contributed by atoms with Crippen LogP contribution < -0.4 is 34.0 Å². The number of guanidine groups is 2. The number of nitrogens with zero attached hydrogens (tertiary/aromatic N) is 3. The van der Waals surface area contributed by atoms with Gasteiger partial charge in [-0.1, -0.05) is 26.0 Å². The second-order valence-electron chi connectivity index (χ2n) is 9.91. The van der Waals surface area contributed by atoms with Crippen molar-refractivity contribution in [3.63, 3.8) is 0 Å². The van der Waals surface area contributed by atoms with Crippen molar-refractivity contribution in [3.05, 3.63) is 29.3 Å². The quantitative estimate of drug-likeness (QED) is 0.0701. The summed E-state index contributed by atoms with van der Waals surface area (Å²) in [6, 6.07) is 5.87. The van der Waals surface area contributed by atoms with E-state index in [1.165, 1.54) is 11.3 Å². The largest absolute Gasteiger partial charge is 0.370 e. The molecule has 1 aromatic carbocycles. The van der Waals surface area contributed by atoms with Gasteiger partial charge in [0.05, 0.1) is 22.3 Å². The minimum absolute atomic E-state index is 0.0168. The average molecular weight is 560 g/mol. The van der Waals surface area contributed by atoms with Gasteiger partial charge in [0.2, 0.25) is 11.7 Å². The summed E-state index contributed by atoms with van der Waals surface area (Å²) in [6.07, 6.45) is 2.16. The number of hydrogen-bond donors (Lipinski definition) is 6. The van der Waals surface area contributed by atoms with Gasteiger partial charge in [0.15, 0.2) is 16.9 Å². The lowest BCUT2D eigenvalue weighted by Gasteiger charge is -2.23. The highest BCUT2D eigenvalue weighted by atomic mass is 32.1. The van der Waals surface area contributed by atoms with Gasteiger partial charge in [0, 0.05) is 25.4 Å². The maximum absolute atomic E-state index is 13.5. The van der Waals surface area contributed by atoms with E-state index in [1.807, 2.05) is 38.1 Å². The summed E-state index contributed by atoms with van der Waals surface area (Å²) in [6.45, 7) is 4.62. The van der Waals surface area contributed by atoms with Crippen LogP contribution in [0.3, 0.4) is 0 Å². The molecule has 0 unspecified atom stereocenters. The van der Waals surface area contributed by atoms with Gasteiger partial charge < -0.3 is 34.0 Å². The second-order valence-corrected chi connectivity index (χ2v) is 10.9. The van der Waals surface area contributed by atoms with Gasteiger partial charge in [0.25, 0.3) is 0 Å². The molecule has 0 aliphatic heterocycles. The number of para-hydroxylation sites is 1. The number of thiazole rings is 1. The number of hydrogen-bond acceptors (Lipinski definition) is 8. The van der Waals surface area contributed by atoms with Crippen molar-refractivity contribution in [3.8, 4) is 0 Å². The van der Waals surface area contributed by atoms with Crippen LogP contribution >= 0.6 is 11.3 Å². The molecular formula is C26H41N9O3S. The van der Waals surface area contributed by atoms with E-state index in [0.29, 0.717) is 55.7 Å². The Morgan fingerprint density at radius 3 is 2.18 bits per heavy atom. The van der Waals surface area contributed by atoms with Gasteiger partial charge in [-0.05, 0) is 50.2 Å². The third-order valence-corrected chi connectivity index (χ3v) is 7.09. The summed E-state index contributed by atoms with van der Waals surface area (Å²) < 4.78 is 0.878. The normalized spacial score (nSPS) is 13.4. The minimum Gasteiger partial charge on any atom is -0.370 e. The van der Waals surface area contributed by atoms with Crippen LogP contribution in [-0.4, -0.2) is 59.5 Å². The van der Waals surface area contributed by atoms with Crippen molar-refractivity contribution in [1.82, 2.24) is 10.3 Å². The van der Waals surface area contributed by atoms with E-state index < -0.39 is 18.0 Å². The summed E-state index contributed by atoms with van der Waals surface area (Å²) >= 11 is 1.27. The molecule has 3 atom stereocenters. The molecule has 11 N–H and O–H groups in total. The molecular weight excluding hydrogens is 518 g/mol. The lowest BCUT2D eigenvalue weighted by molar-refractivity contribution is -0.130. The number of fused-ring (bicyclic) bond motifs is 1. The highest BCUT2D eigenvalue weighted by Crippen LogP contribution is 2.24. The summed E-state index contributed by atoms with van der Waals surface area (Å²) in [5.41, 5.74) is 28.3. The van der Waals surface area contributed by atoms with Gasteiger partial charge >= 0.3 is 0 Å². The topological polar surface area (TPSA) is 231 Å². The molecule has 0 fully saturated rings. The SMILES string of the molecule is CC(C)C[C@H](CC(=O)[C@@H](N)CCCN=C(N)N)C(=O)N[C@@H](CCCN=C(N)N)C(=O)c1nc2ccccc2s1. The maximum atomic E-state index is 13.5. The van der Waals surface area contributed by atoms with Gasteiger partial charge in [-0.25, -0.2) is 4.98 Å². The monoisotopic (exact) mass is 559 g/mol. The second kappa shape index (κ2) is 15.7. The maximum Gasteiger partial charge on any atom is 0.224 e. The summed E-state index contributed by atoms with van der Waals surface area (Å²) in [7, 11) is 0. The third kappa shape index (κ3) is 11.0. The van der Waals surface area contributed by atoms with E-state index in [9.17, 15) is 14.4 Å². The van der Waals surface area contributed by atoms with E-state index in [-0.39, 0.29) is 41.7 Å². The van der Waals surface area contributed by atoms with Gasteiger partial charge in [-0.3, -0.25) is 24.4 Å². The molecule has 12 nitrogen and oxygen atoms in total. The molecule has 1 aromatic heterocycles. The van der Waals surface area contributed by atoms with Crippen molar-refractivity contribution < 1.29 is 14.4 Å². The van der Waals surface area contributed by atoms with Crippen LogP contribution in [-0.2, 0) is 9.59 Å². The van der Waals surface area contributed by atoms with Crippen LogP contribution in [0.2, 0.25) is 0 Å². The van der Waals surface area contributed by atoms with Gasteiger partial charge in [-0.2, -0.15) is 0 Å². The van der Waals surface area contributed by atoms with Crippen molar-refractivity contribution in [1.29, 1.82) is 0 Å². The number of carbonyl (C=O) groups is 3. The molecule has 39 heavy (non-hydrogen) atoms. The highest BCUT2D eigenvalue weighted by Gasteiger charge is 2.30. The van der Waals surface area contributed by atoms with Crippen LogP contribution in [0.25, 0.3) is 10.2 Å². The molecule has 0 saturated heterocycles. The number of nitrogens with one attached hydrogen (secondary N) is 1. The molecule has 0 bridgehead atoms. The first-order valence-electron chi connectivity index (χ1n) is 13.1.